The summed E-state index contributed by atoms with van der Waals surface area (Å²) < 4.78 is 5.64. The van der Waals surface area contributed by atoms with Crippen LogP contribution < -0.4 is 15.4 Å². The van der Waals surface area contributed by atoms with Crippen LogP contribution in [0, 0.1) is 0 Å². The molecule has 0 bridgehead atoms. The number of benzene rings is 2. The maximum Gasteiger partial charge on any atom is 0.255 e. The van der Waals surface area contributed by atoms with E-state index in [1.165, 1.54) is 0 Å². The summed E-state index contributed by atoms with van der Waals surface area (Å²) in [7, 11) is 0. The highest BCUT2D eigenvalue weighted by Gasteiger charge is 2.24. The van der Waals surface area contributed by atoms with Crippen LogP contribution in [0.5, 0.6) is 5.75 Å². The lowest BCUT2D eigenvalue weighted by atomic mass is 10.1. The van der Waals surface area contributed by atoms with Crippen LogP contribution in [-0.2, 0) is 0 Å². The zero-order chi connectivity index (χ0) is 14.7. The largest absolute Gasteiger partial charge is 0.494 e. The molecule has 21 heavy (non-hydrogen) atoms. The Labute approximate surface area is 124 Å². The summed E-state index contributed by atoms with van der Waals surface area (Å²) in [6, 6.07) is 15.3. The Balaban J connectivity index is 1.84. The molecule has 0 spiro atoms. The molecule has 1 aliphatic heterocycles. The summed E-state index contributed by atoms with van der Waals surface area (Å²) in [6.45, 7) is 2.76. The summed E-state index contributed by atoms with van der Waals surface area (Å²) in [5.41, 5.74) is 2.50. The van der Waals surface area contributed by atoms with Gasteiger partial charge in [0, 0.05) is 5.69 Å². The maximum atomic E-state index is 12.1. The smallest absolute Gasteiger partial charge is 0.255 e. The zero-order valence-electron chi connectivity index (χ0n) is 11.9. The topological polar surface area (TPSA) is 50.4 Å². The van der Waals surface area contributed by atoms with E-state index in [2.05, 4.69) is 17.6 Å². The van der Waals surface area contributed by atoms with Crippen LogP contribution in [0.15, 0.2) is 48.5 Å². The average molecular weight is 282 g/mol. The zero-order valence-corrected chi connectivity index (χ0v) is 11.9. The highest BCUT2D eigenvalue weighted by Crippen LogP contribution is 2.27. The average Bonchev–Trinajstić information content (AvgIpc) is 2.53. The first-order chi connectivity index (χ1) is 10.3. The van der Waals surface area contributed by atoms with E-state index < -0.39 is 0 Å². The molecule has 0 radical (unpaired) electrons. The fourth-order valence-electron chi connectivity index (χ4n) is 2.38. The monoisotopic (exact) mass is 282 g/mol. The van der Waals surface area contributed by atoms with Crippen LogP contribution in [-0.4, -0.2) is 12.5 Å². The molecule has 4 heteroatoms. The van der Waals surface area contributed by atoms with Crippen molar-refractivity contribution in [2.45, 2.75) is 19.5 Å². The van der Waals surface area contributed by atoms with Gasteiger partial charge < -0.3 is 15.4 Å². The normalized spacial score (nSPS) is 16.6. The Morgan fingerprint density at radius 2 is 1.95 bits per heavy atom. The van der Waals surface area contributed by atoms with E-state index >= 15 is 0 Å². The van der Waals surface area contributed by atoms with Gasteiger partial charge >= 0.3 is 0 Å². The van der Waals surface area contributed by atoms with Crippen LogP contribution in [0.1, 0.15) is 35.4 Å². The van der Waals surface area contributed by atoms with E-state index in [1.807, 2.05) is 48.5 Å². The second kappa shape index (κ2) is 5.87. The minimum Gasteiger partial charge on any atom is -0.494 e. The summed E-state index contributed by atoms with van der Waals surface area (Å²) in [4.78, 5) is 12.1. The van der Waals surface area contributed by atoms with Crippen molar-refractivity contribution in [3.05, 3.63) is 59.7 Å². The highest BCUT2D eigenvalue weighted by atomic mass is 16.5. The molecule has 1 atom stereocenters. The molecule has 0 aliphatic carbocycles. The second-order valence-corrected chi connectivity index (χ2v) is 5.02. The molecule has 4 nitrogen and oxygen atoms in total. The Kier molecular flexibility index (Phi) is 3.77. The highest BCUT2D eigenvalue weighted by molar-refractivity contribution is 6.01. The molecule has 1 unspecified atom stereocenters. The van der Waals surface area contributed by atoms with Crippen LogP contribution in [0.25, 0.3) is 0 Å². The first-order valence-corrected chi connectivity index (χ1v) is 7.17. The lowest BCUT2D eigenvalue weighted by Gasteiger charge is -2.28. The molecule has 1 amide bonds. The van der Waals surface area contributed by atoms with Crippen molar-refractivity contribution in [1.29, 1.82) is 0 Å². The van der Waals surface area contributed by atoms with Crippen LogP contribution in [0.2, 0.25) is 0 Å². The van der Waals surface area contributed by atoms with E-state index in [1.54, 1.807) is 0 Å². The van der Waals surface area contributed by atoms with E-state index in [0.29, 0.717) is 12.2 Å². The number of ether oxygens (including phenoxy) is 1. The Bertz CT molecular complexity index is 655. The van der Waals surface area contributed by atoms with Gasteiger partial charge in [-0.3, -0.25) is 4.79 Å². The van der Waals surface area contributed by atoms with Crippen molar-refractivity contribution >= 4 is 11.6 Å². The Hall–Kier alpha value is -2.49. The Morgan fingerprint density at radius 3 is 2.81 bits per heavy atom. The third-order valence-corrected chi connectivity index (χ3v) is 3.41. The molecule has 2 aromatic carbocycles. The summed E-state index contributed by atoms with van der Waals surface area (Å²) >= 11 is 0. The van der Waals surface area contributed by atoms with Gasteiger partial charge in [0.15, 0.2) is 0 Å². The predicted molar refractivity (Wildman–Crippen MR) is 82.5 cm³/mol. The minimum absolute atomic E-state index is 0.0609. The number of hydrogen-bond acceptors (Lipinski definition) is 3. The molecule has 0 aromatic heterocycles. The molecular weight excluding hydrogens is 264 g/mol. The van der Waals surface area contributed by atoms with Crippen molar-refractivity contribution in [3.63, 3.8) is 0 Å². The van der Waals surface area contributed by atoms with Gasteiger partial charge in [0.2, 0.25) is 0 Å². The minimum atomic E-state index is -0.238. The molecule has 0 fully saturated rings. The molecule has 0 saturated heterocycles. The summed E-state index contributed by atoms with van der Waals surface area (Å²) in [5.74, 6) is 0.762. The number of hydrogen-bond donors (Lipinski definition) is 2. The lowest BCUT2D eigenvalue weighted by molar-refractivity contribution is 0.0935. The first kappa shape index (κ1) is 13.5. The van der Waals surface area contributed by atoms with E-state index in [-0.39, 0.29) is 12.1 Å². The fourth-order valence-corrected chi connectivity index (χ4v) is 2.38. The van der Waals surface area contributed by atoms with Crippen LogP contribution in [0.3, 0.4) is 0 Å². The third kappa shape index (κ3) is 2.84. The van der Waals surface area contributed by atoms with Crippen molar-refractivity contribution < 1.29 is 9.53 Å². The molecule has 108 valence electrons. The van der Waals surface area contributed by atoms with E-state index in [4.69, 9.17) is 4.74 Å². The van der Waals surface area contributed by atoms with Crippen molar-refractivity contribution in [3.8, 4) is 5.75 Å². The van der Waals surface area contributed by atoms with Gasteiger partial charge in [-0.1, -0.05) is 31.2 Å². The molecule has 0 saturated carbocycles. The summed E-state index contributed by atoms with van der Waals surface area (Å²) in [6.07, 6.45) is 0.730. The number of fused-ring (bicyclic) bond motifs is 1. The molecule has 2 aromatic rings. The quantitative estimate of drug-likeness (QED) is 0.904. The maximum absolute atomic E-state index is 12.1. The van der Waals surface area contributed by atoms with Gasteiger partial charge in [0.25, 0.3) is 5.91 Å². The van der Waals surface area contributed by atoms with Crippen LogP contribution in [0.4, 0.5) is 5.69 Å². The van der Waals surface area contributed by atoms with Crippen molar-refractivity contribution in [1.82, 2.24) is 5.32 Å². The Morgan fingerprint density at radius 1 is 1.10 bits per heavy atom. The molecule has 3 rings (SSSR count). The van der Waals surface area contributed by atoms with Gasteiger partial charge in [0.1, 0.15) is 11.9 Å². The van der Waals surface area contributed by atoms with Gasteiger partial charge in [-0.05, 0) is 36.2 Å². The van der Waals surface area contributed by atoms with E-state index in [0.717, 1.165) is 23.4 Å². The van der Waals surface area contributed by atoms with Gasteiger partial charge in [-0.15, -0.1) is 0 Å². The number of carbonyl (C=O) groups excluding carboxylic acids is 1. The standard InChI is InChI=1S/C17H18N2O2/c1-2-10-21-13-7-5-6-12(11-13)16-18-15-9-4-3-8-14(15)17(20)19-16/h3-9,11,16,18H,2,10H2,1H3,(H,19,20). The molecular formula is C17H18N2O2. The molecule has 2 N–H and O–H groups in total. The number of nitrogens with one attached hydrogen (secondary N) is 2. The van der Waals surface area contributed by atoms with Crippen molar-refractivity contribution in [2.24, 2.45) is 0 Å². The van der Waals surface area contributed by atoms with E-state index in [9.17, 15) is 4.79 Å². The first-order valence-electron chi connectivity index (χ1n) is 7.17. The third-order valence-electron chi connectivity index (χ3n) is 3.41. The summed E-state index contributed by atoms with van der Waals surface area (Å²) in [5, 5.41) is 6.31. The number of rotatable bonds is 4. The molecule has 1 heterocycles. The number of para-hydroxylation sites is 1. The second-order valence-electron chi connectivity index (χ2n) is 5.02. The van der Waals surface area contributed by atoms with Gasteiger partial charge in [0.05, 0.1) is 12.2 Å². The fraction of sp³-hybridized carbons (Fsp3) is 0.235. The van der Waals surface area contributed by atoms with Crippen LogP contribution >= 0.6 is 0 Å². The van der Waals surface area contributed by atoms with Crippen molar-refractivity contribution in [2.75, 3.05) is 11.9 Å². The molecule has 1 aliphatic rings. The number of anilines is 1. The van der Waals surface area contributed by atoms with Gasteiger partial charge in [-0.25, -0.2) is 0 Å². The number of carbonyl (C=O) groups is 1. The van der Waals surface area contributed by atoms with Gasteiger partial charge in [-0.2, -0.15) is 0 Å². The lowest BCUT2D eigenvalue weighted by Crippen LogP contribution is -2.38. The SMILES string of the molecule is CCCOc1cccc(C2NC(=O)c3ccccc3N2)c1. The number of amides is 1. The predicted octanol–water partition coefficient (Wildman–Crippen LogP) is 3.33.